The third-order valence-electron chi connectivity index (χ3n) is 4.29. The van der Waals surface area contributed by atoms with Gasteiger partial charge >= 0.3 is 0 Å². The maximum Gasteiger partial charge on any atom is 0.156 e. The van der Waals surface area contributed by atoms with E-state index in [1.165, 1.54) is 5.56 Å². The molecule has 0 spiro atoms. The highest BCUT2D eigenvalue weighted by molar-refractivity contribution is 7.80. The molecule has 1 aromatic heterocycles. The van der Waals surface area contributed by atoms with Gasteiger partial charge in [-0.1, -0.05) is 18.3 Å². The summed E-state index contributed by atoms with van der Waals surface area (Å²) in [6.07, 6.45) is 2.88. The molecule has 1 aromatic carbocycles. The Bertz CT molecular complexity index is 744. The van der Waals surface area contributed by atoms with Gasteiger partial charge in [-0.25, -0.2) is 0 Å². The summed E-state index contributed by atoms with van der Waals surface area (Å²) < 4.78 is 6.40. The highest BCUT2D eigenvalue weighted by atomic mass is 32.1. The molecule has 1 unspecified atom stereocenters. The molecule has 0 amide bonds. The van der Waals surface area contributed by atoms with E-state index in [2.05, 4.69) is 47.9 Å². The number of fused-ring (bicyclic) bond motifs is 3. The number of benzene rings is 1. The third kappa shape index (κ3) is 3.16. The molecule has 0 saturated heterocycles. The second-order valence-corrected chi connectivity index (χ2v) is 6.87. The second kappa shape index (κ2) is 6.42. The monoisotopic (exact) mass is 329 g/mol. The maximum atomic E-state index is 6.40. The highest BCUT2D eigenvalue weighted by Crippen LogP contribution is 2.34. The smallest absolute Gasteiger partial charge is 0.156 e. The van der Waals surface area contributed by atoms with E-state index in [0.717, 1.165) is 46.7 Å². The number of ether oxygens (including phenoxy) is 1. The van der Waals surface area contributed by atoms with Gasteiger partial charge in [-0.2, -0.15) is 0 Å². The molecule has 1 aliphatic heterocycles. The summed E-state index contributed by atoms with van der Waals surface area (Å²) in [4.78, 5) is 9.71. The Balaban J connectivity index is 2.09. The van der Waals surface area contributed by atoms with Gasteiger partial charge in [0.1, 0.15) is 16.6 Å². The first kappa shape index (κ1) is 16.1. The fraction of sp³-hybridized carbons (Fsp3) is 0.444. The van der Waals surface area contributed by atoms with E-state index < -0.39 is 0 Å². The van der Waals surface area contributed by atoms with Crippen LogP contribution in [-0.4, -0.2) is 60.1 Å². The first-order chi connectivity index (χ1) is 11.0. The van der Waals surface area contributed by atoms with Crippen LogP contribution >= 0.6 is 12.2 Å². The zero-order valence-corrected chi connectivity index (χ0v) is 15.0. The lowest BCUT2D eigenvalue weighted by Crippen LogP contribution is -2.35. The zero-order valence-electron chi connectivity index (χ0n) is 14.2. The number of pyridine rings is 1. The lowest BCUT2D eigenvalue weighted by Gasteiger charge is -2.23. The summed E-state index contributed by atoms with van der Waals surface area (Å²) in [5, 5.41) is 1.13. The number of nitrogens with zero attached hydrogens (tertiary/aromatic N) is 3. The average molecular weight is 329 g/mol. The number of hydrogen-bond acceptors (Lipinski definition) is 4. The first-order valence-corrected chi connectivity index (χ1v) is 8.33. The molecule has 0 bridgehead atoms. The minimum absolute atomic E-state index is 0.106. The molecular weight excluding hydrogens is 306 g/mol. The van der Waals surface area contributed by atoms with E-state index in [9.17, 15) is 0 Å². The summed E-state index contributed by atoms with van der Waals surface area (Å²) in [5.41, 5.74) is 3.08. The number of aryl methyl sites for hydroxylation is 1. The maximum absolute atomic E-state index is 6.40. The fourth-order valence-electron chi connectivity index (χ4n) is 3.02. The van der Waals surface area contributed by atoms with E-state index in [0.29, 0.717) is 0 Å². The van der Waals surface area contributed by atoms with Crippen molar-refractivity contribution in [1.82, 2.24) is 14.8 Å². The zero-order chi connectivity index (χ0) is 16.6. The van der Waals surface area contributed by atoms with Gasteiger partial charge in [-0.05, 0) is 45.1 Å². The molecule has 0 N–H and O–H groups in total. The van der Waals surface area contributed by atoms with Crippen LogP contribution in [0.15, 0.2) is 24.4 Å². The van der Waals surface area contributed by atoms with Gasteiger partial charge in [0, 0.05) is 25.2 Å². The van der Waals surface area contributed by atoms with Gasteiger partial charge in [0.25, 0.3) is 0 Å². The Labute approximate surface area is 143 Å². The summed E-state index contributed by atoms with van der Waals surface area (Å²) in [6, 6.07) is 6.19. The van der Waals surface area contributed by atoms with E-state index in [-0.39, 0.29) is 6.10 Å². The molecule has 122 valence electrons. The highest BCUT2D eigenvalue weighted by Gasteiger charge is 2.27. The number of rotatable bonds is 3. The molecule has 23 heavy (non-hydrogen) atoms. The Kier molecular flexibility index (Phi) is 4.50. The van der Waals surface area contributed by atoms with Crippen molar-refractivity contribution in [2.45, 2.75) is 19.4 Å². The molecule has 1 atom stereocenters. The van der Waals surface area contributed by atoms with Crippen LogP contribution in [0, 0.1) is 6.92 Å². The normalized spacial score (nSPS) is 18.0. The molecule has 5 heteroatoms. The number of likely N-dealkylation sites (N-methyl/N-ethyl adjacent to an activating group) is 1. The van der Waals surface area contributed by atoms with Crippen LogP contribution in [0.4, 0.5) is 0 Å². The van der Waals surface area contributed by atoms with Crippen molar-refractivity contribution in [3.63, 3.8) is 0 Å². The van der Waals surface area contributed by atoms with Gasteiger partial charge in [0.15, 0.2) is 5.75 Å². The van der Waals surface area contributed by atoms with Gasteiger partial charge in [0.05, 0.1) is 12.1 Å². The predicted octanol–water partition coefficient (Wildman–Crippen LogP) is 2.86. The van der Waals surface area contributed by atoms with Crippen molar-refractivity contribution in [2.24, 2.45) is 0 Å². The van der Waals surface area contributed by atoms with Gasteiger partial charge in [-0.15, -0.1) is 0 Å². The predicted molar refractivity (Wildman–Crippen MR) is 98.4 cm³/mol. The molecule has 2 heterocycles. The van der Waals surface area contributed by atoms with Gasteiger partial charge in [0.2, 0.25) is 0 Å². The molecular formula is C18H23N3OS. The standard InChI is InChI=1S/C18H23N3OS/c1-12-10-15-17(16-14(12)6-5-8-19-16)22-13(7-9-20(2)3)11-21(4)18(15)23/h5-6,8,10,13H,7,9,11H2,1-4H3. The van der Waals surface area contributed by atoms with Crippen LogP contribution in [0.5, 0.6) is 5.75 Å². The SMILES string of the molecule is Cc1cc2c(c3ncccc13)OC(CCN(C)C)CN(C)C2=S. The minimum Gasteiger partial charge on any atom is -0.485 e. The molecule has 3 rings (SSSR count). The Hall–Kier alpha value is -1.72. The Morgan fingerprint density at radius 1 is 1.43 bits per heavy atom. The molecule has 2 aromatic rings. The van der Waals surface area contributed by atoms with Crippen LogP contribution in [-0.2, 0) is 0 Å². The van der Waals surface area contributed by atoms with Crippen LogP contribution in [0.25, 0.3) is 10.9 Å². The van der Waals surface area contributed by atoms with E-state index in [1.807, 2.05) is 19.3 Å². The molecule has 0 aliphatic carbocycles. The molecule has 0 fully saturated rings. The number of aromatic nitrogens is 1. The van der Waals surface area contributed by atoms with Crippen LogP contribution in [0.1, 0.15) is 17.5 Å². The lowest BCUT2D eigenvalue weighted by molar-refractivity contribution is 0.161. The number of thiocarbonyl (C=S) groups is 1. The first-order valence-electron chi connectivity index (χ1n) is 7.92. The summed E-state index contributed by atoms with van der Waals surface area (Å²) in [5.74, 6) is 0.837. The topological polar surface area (TPSA) is 28.6 Å². The van der Waals surface area contributed by atoms with E-state index >= 15 is 0 Å². The van der Waals surface area contributed by atoms with Crippen molar-refractivity contribution in [3.8, 4) is 5.75 Å². The van der Waals surface area contributed by atoms with Crippen molar-refractivity contribution >= 4 is 28.1 Å². The third-order valence-corrected chi connectivity index (χ3v) is 4.82. The van der Waals surface area contributed by atoms with Gasteiger partial charge in [-0.3, -0.25) is 4.98 Å². The second-order valence-electron chi connectivity index (χ2n) is 6.49. The van der Waals surface area contributed by atoms with Crippen molar-refractivity contribution in [1.29, 1.82) is 0 Å². The van der Waals surface area contributed by atoms with Crippen molar-refractivity contribution in [3.05, 3.63) is 35.5 Å². The summed E-state index contributed by atoms with van der Waals surface area (Å²) in [7, 11) is 6.21. The largest absolute Gasteiger partial charge is 0.485 e. The fourth-order valence-corrected chi connectivity index (χ4v) is 3.25. The quantitative estimate of drug-likeness (QED) is 0.808. The lowest BCUT2D eigenvalue weighted by atomic mass is 10.0. The Morgan fingerprint density at radius 2 is 2.22 bits per heavy atom. The minimum atomic E-state index is 0.106. The number of hydrogen-bond donors (Lipinski definition) is 0. The van der Waals surface area contributed by atoms with E-state index in [1.54, 1.807) is 0 Å². The van der Waals surface area contributed by atoms with Crippen molar-refractivity contribution < 1.29 is 4.74 Å². The molecule has 1 aliphatic rings. The summed E-state index contributed by atoms with van der Waals surface area (Å²) >= 11 is 5.69. The van der Waals surface area contributed by atoms with E-state index in [4.69, 9.17) is 17.0 Å². The molecule has 0 saturated carbocycles. The Morgan fingerprint density at radius 3 is 2.96 bits per heavy atom. The average Bonchev–Trinajstić information content (AvgIpc) is 2.64. The van der Waals surface area contributed by atoms with Crippen LogP contribution < -0.4 is 4.74 Å². The van der Waals surface area contributed by atoms with Crippen LogP contribution in [0.3, 0.4) is 0 Å². The molecule has 4 nitrogen and oxygen atoms in total. The van der Waals surface area contributed by atoms with Gasteiger partial charge < -0.3 is 14.5 Å². The van der Waals surface area contributed by atoms with Crippen molar-refractivity contribution in [2.75, 3.05) is 34.2 Å². The van der Waals surface area contributed by atoms with Crippen LogP contribution in [0.2, 0.25) is 0 Å². The molecule has 0 radical (unpaired) electrons. The summed E-state index contributed by atoms with van der Waals surface area (Å²) in [6.45, 7) is 3.88.